The summed E-state index contributed by atoms with van der Waals surface area (Å²) in [4.78, 5) is 4.25. The van der Waals surface area contributed by atoms with Gasteiger partial charge in [-0.05, 0) is 12.1 Å². The second-order valence-electron chi connectivity index (χ2n) is 3.68. The maximum Gasteiger partial charge on any atom is 0.176 e. The van der Waals surface area contributed by atoms with Gasteiger partial charge in [0, 0.05) is 12.1 Å². The first kappa shape index (κ1) is 9.71. The molecule has 0 aromatic carbocycles. The fourth-order valence-corrected chi connectivity index (χ4v) is 1.48. The lowest BCUT2D eigenvalue weighted by Crippen LogP contribution is -1.93. The summed E-state index contributed by atoms with van der Waals surface area (Å²) in [6.07, 6.45) is 1.73. The Morgan fingerprint density at radius 2 is 2.13 bits per heavy atom. The van der Waals surface area contributed by atoms with E-state index in [0.29, 0.717) is 5.82 Å². The van der Waals surface area contributed by atoms with Gasteiger partial charge in [0.2, 0.25) is 0 Å². The Bertz CT molecular complexity index is 448. The van der Waals surface area contributed by atoms with Gasteiger partial charge in [-0.25, -0.2) is 0 Å². The van der Waals surface area contributed by atoms with E-state index in [1.165, 1.54) is 0 Å². The predicted octanol–water partition coefficient (Wildman–Crippen LogP) is 2.44. The van der Waals surface area contributed by atoms with Gasteiger partial charge in [-0.15, -0.1) is 0 Å². The minimum atomic E-state index is 0.242. The van der Waals surface area contributed by atoms with Crippen molar-refractivity contribution in [1.29, 1.82) is 0 Å². The molecule has 4 nitrogen and oxygen atoms in total. The van der Waals surface area contributed by atoms with Crippen LogP contribution in [0.5, 0.6) is 0 Å². The van der Waals surface area contributed by atoms with Crippen molar-refractivity contribution in [2.75, 3.05) is 5.73 Å². The summed E-state index contributed by atoms with van der Waals surface area (Å²) in [6, 6.07) is 5.68. The molecule has 2 heterocycles. The van der Waals surface area contributed by atoms with Crippen LogP contribution in [0.15, 0.2) is 28.9 Å². The number of aromatic nitrogens is 2. The number of nitrogens with two attached hydrogens (primary N) is 1. The Morgan fingerprint density at radius 3 is 2.73 bits per heavy atom. The molecule has 0 saturated heterocycles. The summed E-state index contributed by atoms with van der Waals surface area (Å²) in [6.45, 7) is 4.07. The highest BCUT2D eigenvalue weighted by atomic mass is 16.5. The van der Waals surface area contributed by atoms with Crippen LogP contribution in [-0.2, 0) is 0 Å². The first-order valence-corrected chi connectivity index (χ1v) is 4.86. The number of rotatable bonds is 2. The van der Waals surface area contributed by atoms with Gasteiger partial charge < -0.3 is 10.3 Å². The monoisotopic (exact) mass is 203 g/mol. The zero-order valence-corrected chi connectivity index (χ0v) is 8.77. The number of hydrogen-bond acceptors (Lipinski definition) is 4. The van der Waals surface area contributed by atoms with Crippen LogP contribution < -0.4 is 5.73 Å². The Hall–Kier alpha value is -1.84. The molecule has 15 heavy (non-hydrogen) atoms. The Morgan fingerprint density at radius 1 is 1.33 bits per heavy atom. The second-order valence-corrected chi connectivity index (χ2v) is 3.68. The minimum Gasteiger partial charge on any atom is -0.380 e. The molecule has 2 aromatic heterocycles. The van der Waals surface area contributed by atoms with Crippen LogP contribution in [0, 0.1) is 0 Å². The average Bonchev–Trinajstić information content (AvgIpc) is 2.61. The number of pyridine rings is 1. The van der Waals surface area contributed by atoms with Gasteiger partial charge in [-0.3, -0.25) is 4.98 Å². The Balaban J connectivity index is 2.57. The molecule has 0 aliphatic carbocycles. The molecular weight excluding hydrogens is 190 g/mol. The van der Waals surface area contributed by atoms with E-state index in [9.17, 15) is 0 Å². The molecule has 0 unspecified atom stereocenters. The molecular formula is C11H13N3O. The lowest BCUT2D eigenvalue weighted by Gasteiger charge is -2.03. The van der Waals surface area contributed by atoms with Crippen molar-refractivity contribution in [3.63, 3.8) is 0 Å². The summed E-state index contributed by atoms with van der Waals surface area (Å²) in [5.41, 5.74) is 7.38. The lowest BCUT2D eigenvalue weighted by molar-refractivity contribution is 0.374. The van der Waals surface area contributed by atoms with Crippen LogP contribution in [0.3, 0.4) is 0 Å². The van der Waals surface area contributed by atoms with Crippen molar-refractivity contribution >= 4 is 5.82 Å². The van der Waals surface area contributed by atoms with Gasteiger partial charge in [-0.1, -0.05) is 25.1 Å². The zero-order valence-electron chi connectivity index (χ0n) is 8.77. The molecule has 0 amide bonds. The third kappa shape index (κ3) is 1.70. The van der Waals surface area contributed by atoms with E-state index >= 15 is 0 Å². The van der Waals surface area contributed by atoms with Crippen molar-refractivity contribution < 1.29 is 4.52 Å². The Kier molecular flexibility index (Phi) is 2.41. The second kappa shape index (κ2) is 3.73. The van der Waals surface area contributed by atoms with Crippen molar-refractivity contribution in [1.82, 2.24) is 10.1 Å². The normalized spacial score (nSPS) is 10.9. The summed E-state index contributed by atoms with van der Waals surface area (Å²) >= 11 is 0. The number of nitrogens with zero attached hydrogens (tertiary/aromatic N) is 2. The molecule has 0 atom stereocenters. The summed E-state index contributed by atoms with van der Waals surface area (Å²) in [5, 5.41) is 3.78. The number of hydrogen-bond donors (Lipinski definition) is 1. The molecule has 2 rings (SSSR count). The van der Waals surface area contributed by atoms with Crippen LogP contribution in [0.1, 0.15) is 25.5 Å². The smallest absolute Gasteiger partial charge is 0.176 e. The number of anilines is 1. The molecule has 0 aliphatic heterocycles. The van der Waals surface area contributed by atoms with Crippen LogP contribution in [0.2, 0.25) is 0 Å². The Labute approximate surface area is 88.1 Å². The highest BCUT2D eigenvalue weighted by molar-refractivity contribution is 5.72. The summed E-state index contributed by atoms with van der Waals surface area (Å²) < 4.78 is 5.20. The first-order chi connectivity index (χ1) is 7.20. The summed E-state index contributed by atoms with van der Waals surface area (Å²) in [5.74, 6) is 1.43. The topological polar surface area (TPSA) is 64.9 Å². The molecule has 0 fully saturated rings. The molecule has 2 aromatic rings. The SMILES string of the molecule is CC(C)c1onc(N)c1-c1ccccn1. The van der Waals surface area contributed by atoms with Crippen LogP contribution in [-0.4, -0.2) is 10.1 Å². The molecule has 78 valence electrons. The molecule has 0 saturated carbocycles. The maximum atomic E-state index is 5.77. The van der Waals surface area contributed by atoms with E-state index in [2.05, 4.69) is 10.1 Å². The minimum absolute atomic E-state index is 0.242. The third-order valence-electron chi connectivity index (χ3n) is 2.19. The fraction of sp³-hybridized carbons (Fsp3) is 0.273. The van der Waals surface area contributed by atoms with Crippen molar-refractivity contribution in [3.05, 3.63) is 30.2 Å². The standard InChI is InChI=1S/C11H13N3O/c1-7(2)10-9(11(12)14-15-10)8-5-3-4-6-13-8/h3-7H,1-2H3,(H2,12,14). The van der Waals surface area contributed by atoms with Gasteiger partial charge in [0.05, 0.1) is 11.3 Å². The molecule has 2 N–H and O–H groups in total. The number of nitrogen functional groups attached to an aromatic ring is 1. The van der Waals surface area contributed by atoms with Crippen LogP contribution in [0.25, 0.3) is 11.3 Å². The van der Waals surface area contributed by atoms with E-state index in [-0.39, 0.29) is 5.92 Å². The summed E-state index contributed by atoms with van der Waals surface area (Å²) in [7, 11) is 0. The van der Waals surface area contributed by atoms with Gasteiger partial charge in [0.15, 0.2) is 11.6 Å². The van der Waals surface area contributed by atoms with Crippen LogP contribution >= 0.6 is 0 Å². The molecule has 0 aliphatic rings. The van der Waals surface area contributed by atoms with Gasteiger partial charge in [0.1, 0.15) is 0 Å². The van der Waals surface area contributed by atoms with Gasteiger partial charge >= 0.3 is 0 Å². The van der Waals surface area contributed by atoms with Gasteiger partial charge in [-0.2, -0.15) is 0 Å². The van der Waals surface area contributed by atoms with E-state index in [0.717, 1.165) is 17.0 Å². The van der Waals surface area contributed by atoms with E-state index in [1.54, 1.807) is 6.20 Å². The zero-order chi connectivity index (χ0) is 10.8. The first-order valence-electron chi connectivity index (χ1n) is 4.86. The molecule has 0 bridgehead atoms. The van der Waals surface area contributed by atoms with E-state index in [1.807, 2.05) is 32.0 Å². The molecule has 0 radical (unpaired) electrons. The van der Waals surface area contributed by atoms with Gasteiger partial charge in [0.25, 0.3) is 0 Å². The van der Waals surface area contributed by atoms with Crippen molar-refractivity contribution in [3.8, 4) is 11.3 Å². The highest BCUT2D eigenvalue weighted by Gasteiger charge is 2.18. The average molecular weight is 203 g/mol. The lowest BCUT2D eigenvalue weighted by atomic mass is 10.0. The molecule has 0 spiro atoms. The quantitative estimate of drug-likeness (QED) is 0.814. The maximum absolute atomic E-state index is 5.77. The van der Waals surface area contributed by atoms with E-state index in [4.69, 9.17) is 10.3 Å². The third-order valence-corrected chi connectivity index (χ3v) is 2.19. The van der Waals surface area contributed by atoms with Crippen molar-refractivity contribution in [2.45, 2.75) is 19.8 Å². The molecule has 4 heteroatoms. The van der Waals surface area contributed by atoms with E-state index < -0.39 is 0 Å². The largest absolute Gasteiger partial charge is 0.380 e. The predicted molar refractivity (Wildman–Crippen MR) is 58.2 cm³/mol. The fourth-order valence-electron chi connectivity index (χ4n) is 1.48. The highest BCUT2D eigenvalue weighted by Crippen LogP contribution is 2.32. The van der Waals surface area contributed by atoms with Crippen LogP contribution in [0.4, 0.5) is 5.82 Å². The van der Waals surface area contributed by atoms with Crippen molar-refractivity contribution in [2.24, 2.45) is 0 Å².